The van der Waals surface area contributed by atoms with E-state index in [9.17, 15) is 8.42 Å². The van der Waals surface area contributed by atoms with Gasteiger partial charge in [0.05, 0.1) is 28.4 Å². The molecule has 7 heteroatoms. The molecule has 1 heterocycles. The lowest BCUT2D eigenvalue weighted by Crippen LogP contribution is -2.27. The zero-order valence-corrected chi connectivity index (χ0v) is 15.4. The van der Waals surface area contributed by atoms with Crippen LogP contribution in [0, 0.1) is 0 Å². The van der Waals surface area contributed by atoms with E-state index in [4.69, 9.17) is 11.6 Å². The molecule has 23 heavy (non-hydrogen) atoms. The fourth-order valence-electron chi connectivity index (χ4n) is 2.32. The standard InChI is InChI=1S/C16H22ClN3O2S/c1-5-20-16(15(17)10-18-20)11-19(4)23(21,22)14-8-6-13(7-9-14)12(2)3/h6-10,12H,5,11H2,1-4H3. The number of aromatic nitrogens is 2. The molecule has 2 rings (SSSR count). The number of hydrogen-bond donors (Lipinski definition) is 0. The van der Waals surface area contributed by atoms with Crippen LogP contribution >= 0.6 is 11.6 Å². The Bertz CT molecular complexity index is 767. The smallest absolute Gasteiger partial charge is 0.243 e. The first-order chi connectivity index (χ1) is 10.8. The lowest BCUT2D eigenvalue weighted by atomic mass is 10.0. The molecular weight excluding hydrogens is 334 g/mol. The molecule has 0 aliphatic heterocycles. The summed E-state index contributed by atoms with van der Waals surface area (Å²) in [6.45, 7) is 6.90. The molecule has 1 aromatic heterocycles. The van der Waals surface area contributed by atoms with Gasteiger partial charge in [-0.2, -0.15) is 9.40 Å². The number of rotatable bonds is 6. The van der Waals surface area contributed by atoms with Crippen LogP contribution in [0.4, 0.5) is 0 Å². The molecule has 0 aliphatic rings. The first-order valence-electron chi connectivity index (χ1n) is 7.53. The highest BCUT2D eigenvalue weighted by Crippen LogP contribution is 2.23. The van der Waals surface area contributed by atoms with Gasteiger partial charge in [0.1, 0.15) is 0 Å². The predicted octanol–water partition coefficient (Wildman–Crippen LogP) is 3.50. The number of halogens is 1. The maximum absolute atomic E-state index is 12.7. The van der Waals surface area contributed by atoms with Crippen LogP contribution in [0.3, 0.4) is 0 Å². The van der Waals surface area contributed by atoms with Crippen LogP contribution in [0.15, 0.2) is 35.4 Å². The van der Waals surface area contributed by atoms with Crippen molar-refractivity contribution in [3.8, 4) is 0 Å². The summed E-state index contributed by atoms with van der Waals surface area (Å²) >= 11 is 6.11. The Morgan fingerprint density at radius 1 is 1.26 bits per heavy atom. The number of aryl methyl sites for hydroxylation is 1. The molecule has 0 radical (unpaired) electrons. The van der Waals surface area contributed by atoms with Crippen molar-refractivity contribution in [2.75, 3.05) is 7.05 Å². The second-order valence-electron chi connectivity index (χ2n) is 5.74. The van der Waals surface area contributed by atoms with Crippen LogP contribution in [-0.4, -0.2) is 29.6 Å². The fraction of sp³-hybridized carbons (Fsp3) is 0.438. The molecule has 0 saturated carbocycles. The lowest BCUT2D eigenvalue weighted by molar-refractivity contribution is 0.447. The summed E-state index contributed by atoms with van der Waals surface area (Å²) in [4.78, 5) is 0.281. The predicted molar refractivity (Wildman–Crippen MR) is 92.1 cm³/mol. The molecular formula is C16H22ClN3O2S. The van der Waals surface area contributed by atoms with Crippen molar-refractivity contribution in [1.82, 2.24) is 14.1 Å². The summed E-state index contributed by atoms with van der Waals surface area (Å²) in [5.41, 5.74) is 1.80. The van der Waals surface area contributed by atoms with Gasteiger partial charge >= 0.3 is 0 Å². The summed E-state index contributed by atoms with van der Waals surface area (Å²) in [5, 5.41) is 4.61. The van der Waals surface area contributed by atoms with E-state index in [0.29, 0.717) is 23.2 Å². The van der Waals surface area contributed by atoms with Crippen LogP contribution in [0.2, 0.25) is 5.02 Å². The Morgan fingerprint density at radius 2 is 1.87 bits per heavy atom. The van der Waals surface area contributed by atoms with Crippen molar-refractivity contribution in [1.29, 1.82) is 0 Å². The van der Waals surface area contributed by atoms with Gasteiger partial charge in [0, 0.05) is 13.6 Å². The van der Waals surface area contributed by atoms with E-state index < -0.39 is 10.0 Å². The average molecular weight is 356 g/mol. The van der Waals surface area contributed by atoms with Crippen molar-refractivity contribution in [2.24, 2.45) is 0 Å². The topological polar surface area (TPSA) is 55.2 Å². The fourth-order valence-corrected chi connectivity index (χ4v) is 3.65. The second kappa shape index (κ2) is 7.03. The summed E-state index contributed by atoms with van der Waals surface area (Å²) in [6, 6.07) is 7.02. The molecule has 2 aromatic rings. The normalized spacial score (nSPS) is 12.3. The molecule has 0 unspecified atom stereocenters. The molecule has 0 atom stereocenters. The molecule has 0 aliphatic carbocycles. The van der Waals surface area contributed by atoms with E-state index in [-0.39, 0.29) is 11.4 Å². The summed E-state index contributed by atoms with van der Waals surface area (Å²) < 4.78 is 28.4. The highest BCUT2D eigenvalue weighted by molar-refractivity contribution is 7.89. The van der Waals surface area contributed by atoms with Crippen LogP contribution in [-0.2, 0) is 23.1 Å². The van der Waals surface area contributed by atoms with Gasteiger partial charge < -0.3 is 0 Å². The molecule has 126 valence electrons. The zero-order valence-electron chi connectivity index (χ0n) is 13.8. The van der Waals surface area contributed by atoms with Crippen LogP contribution in [0.25, 0.3) is 0 Å². The summed E-state index contributed by atoms with van der Waals surface area (Å²) in [6.07, 6.45) is 1.54. The Hall–Kier alpha value is -1.37. The minimum Gasteiger partial charge on any atom is -0.267 e. The zero-order chi connectivity index (χ0) is 17.2. The van der Waals surface area contributed by atoms with Gasteiger partial charge in [0.15, 0.2) is 0 Å². The highest BCUT2D eigenvalue weighted by atomic mass is 35.5. The van der Waals surface area contributed by atoms with E-state index in [1.165, 1.54) is 10.5 Å². The molecule has 0 N–H and O–H groups in total. The van der Waals surface area contributed by atoms with Crippen molar-refractivity contribution in [3.63, 3.8) is 0 Å². The molecule has 0 amide bonds. The first kappa shape index (κ1) is 18.0. The Balaban J connectivity index is 2.26. The Kier molecular flexibility index (Phi) is 5.49. The van der Waals surface area contributed by atoms with Crippen molar-refractivity contribution in [2.45, 2.75) is 44.7 Å². The van der Waals surface area contributed by atoms with Gasteiger partial charge in [0.2, 0.25) is 10.0 Å². The van der Waals surface area contributed by atoms with E-state index in [0.717, 1.165) is 5.56 Å². The monoisotopic (exact) mass is 355 g/mol. The third-order valence-electron chi connectivity index (χ3n) is 3.82. The van der Waals surface area contributed by atoms with Crippen LogP contribution in [0.5, 0.6) is 0 Å². The molecule has 5 nitrogen and oxygen atoms in total. The quantitative estimate of drug-likeness (QED) is 0.796. The van der Waals surface area contributed by atoms with Crippen molar-refractivity contribution < 1.29 is 8.42 Å². The van der Waals surface area contributed by atoms with E-state index >= 15 is 0 Å². The van der Waals surface area contributed by atoms with Crippen LogP contribution < -0.4 is 0 Å². The SMILES string of the molecule is CCn1ncc(Cl)c1CN(C)S(=O)(=O)c1ccc(C(C)C)cc1. The number of sulfonamides is 1. The highest BCUT2D eigenvalue weighted by Gasteiger charge is 2.23. The number of hydrogen-bond acceptors (Lipinski definition) is 3. The van der Waals surface area contributed by atoms with Gasteiger partial charge in [0.25, 0.3) is 0 Å². The first-order valence-corrected chi connectivity index (χ1v) is 9.35. The van der Waals surface area contributed by atoms with E-state index in [2.05, 4.69) is 18.9 Å². The van der Waals surface area contributed by atoms with Crippen molar-refractivity contribution in [3.05, 3.63) is 46.7 Å². The largest absolute Gasteiger partial charge is 0.267 e. The molecule has 1 aromatic carbocycles. The third kappa shape index (κ3) is 3.76. The van der Waals surface area contributed by atoms with E-state index in [1.54, 1.807) is 23.9 Å². The third-order valence-corrected chi connectivity index (χ3v) is 5.96. The Morgan fingerprint density at radius 3 is 2.39 bits per heavy atom. The maximum atomic E-state index is 12.7. The van der Waals surface area contributed by atoms with Gasteiger partial charge in [-0.1, -0.05) is 37.6 Å². The minimum atomic E-state index is -3.57. The molecule has 0 fully saturated rings. The molecule has 0 saturated heterocycles. The second-order valence-corrected chi connectivity index (χ2v) is 8.19. The van der Waals surface area contributed by atoms with Gasteiger partial charge in [-0.25, -0.2) is 8.42 Å². The van der Waals surface area contributed by atoms with Crippen molar-refractivity contribution >= 4 is 21.6 Å². The summed E-state index contributed by atoms with van der Waals surface area (Å²) in [5.74, 6) is 0.363. The minimum absolute atomic E-state index is 0.181. The number of nitrogens with zero attached hydrogens (tertiary/aromatic N) is 3. The number of benzene rings is 1. The average Bonchev–Trinajstić information content (AvgIpc) is 2.87. The van der Waals surface area contributed by atoms with E-state index in [1.807, 2.05) is 19.1 Å². The lowest BCUT2D eigenvalue weighted by Gasteiger charge is -2.18. The molecule has 0 spiro atoms. The molecule has 0 bridgehead atoms. The van der Waals surface area contributed by atoms with Gasteiger partial charge in [-0.3, -0.25) is 4.68 Å². The van der Waals surface area contributed by atoms with Gasteiger partial charge in [-0.15, -0.1) is 0 Å². The maximum Gasteiger partial charge on any atom is 0.243 e. The summed E-state index contributed by atoms with van der Waals surface area (Å²) in [7, 11) is -2.02. The van der Waals surface area contributed by atoms with Gasteiger partial charge in [-0.05, 0) is 30.5 Å². The van der Waals surface area contributed by atoms with Crippen LogP contribution in [0.1, 0.15) is 37.9 Å². The Labute approximate surface area is 142 Å².